The second kappa shape index (κ2) is 9.10. The van der Waals surface area contributed by atoms with E-state index in [1.807, 2.05) is 0 Å². The first-order chi connectivity index (χ1) is 12.6. The third-order valence-corrected chi connectivity index (χ3v) is 6.83. The van der Waals surface area contributed by atoms with E-state index in [0.717, 1.165) is 36.3 Å². The summed E-state index contributed by atoms with van der Waals surface area (Å²) in [7, 11) is 0. The van der Waals surface area contributed by atoms with E-state index in [1.165, 1.54) is 57.8 Å². The SMILES string of the molecule is C=CCC1CCC(C2CCC(CCc3cc(F)c(F)c(F)c3)CC2)CC1. The van der Waals surface area contributed by atoms with Gasteiger partial charge in [-0.05, 0) is 99.2 Å². The summed E-state index contributed by atoms with van der Waals surface area (Å²) in [5, 5.41) is 0. The smallest absolute Gasteiger partial charge is 0.194 e. The molecular formula is C23H31F3. The lowest BCUT2D eigenvalue weighted by molar-refractivity contribution is 0.144. The zero-order valence-electron chi connectivity index (χ0n) is 15.7. The Morgan fingerprint density at radius 3 is 1.81 bits per heavy atom. The van der Waals surface area contributed by atoms with Gasteiger partial charge in [0.2, 0.25) is 0 Å². The van der Waals surface area contributed by atoms with Gasteiger partial charge in [0.25, 0.3) is 0 Å². The Balaban J connectivity index is 1.41. The molecule has 0 nitrogen and oxygen atoms in total. The lowest BCUT2D eigenvalue weighted by Gasteiger charge is -2.37. The normalized spacial score (nSPS) is 29.5. The van der Waals surface area contributed by atoms with Gasteiger partial charge in [-0.2, -0.15) is 0 Å². The second-order valence-corrected chi connectivity index (χ2v) is 8.50. The van der Waals surface area contributed by atoms with E-state index in [1.54, 1.807) is 0 Å². The van der Waals surface area contributed by atoms with Crippen molar-refractivity contribution in [3.8, 4) is 0 Å². The van der Waals surface area contributed by atoms with Crippen LogP contribution in [-0.4, -0.2) is 0 Å². The fourth-order valence-corrected chi connectivity index (χ4v) is 5.20. The van der Waals surface area contributed by atoms with Crippen molar-refractivity contribution >= 4 is 0 Å². The van der Waals surface area contributed by atoms with Gasteiger partial charge in [0.15, 0.2) is 17.5 Å². The fourth-order valence-electron chi connectivity index (χ4n) is 5.20. The molecule has 0 heterocycles. The van der Waals surface area contributed by atoms with Crippen molar-refractivity contribution in [2.24, 2.45) is 23.7 Å². The van der Waals surface area contributed by atoms with Gasteiger partial charge in [0, 0.05) is 0 Å². The van der Waals surface area contributed by atoms with Gasteiger partial charge in [-0.3, -0.25) is 0 Å². The number of benzene rings is 1. The van der Waals surface area contributed by atoms with Crippen molar-refractivity contribution < 1.29 is 13.2 Å². The molecule has 144 valence electrons. The third-order valence-electron chi connectivity index (χ3n) is 6.83. The van der Waals surface area contributed by atoms with Gasteiger partial charge in [-0.15, -0.1) is 6.58 Å². The summed E-state index contributed by atoms with van der Waals surface area (Å²) in [6.45, 7) is 3.87. The van der Waals surface area contributed by atoms with Crippen LogP contribution in [0.25, 0.3) is 0 Å². The molecule has 26 heavy (non-hydrogen) atoms. The van der Waals surface area contributed by atoms with Crippen molar-refractivity contribution in [3.63, 3.8) is 0 Å². The summed E-state index contributed by atoms with van der Waals surface area (Å²) < 4.78 is 39.7. The van der Waals surface area contributed by atoms with Gasteiger partial charge in [0.05, 0.1) is 0 Å². The first-order valence-corrected chi connectivity index (χ1v) is 10.3. The van der Waals surface area contributed by atoms with Crippen LogP contribution in [0.2, 0.25) is 0 Å². The average molecular weight is 364 g/mol. The van der Waals surface area contributed by atoms with Crippen LogP contribution >= 0.6 is 0 Å². The maximum absolute atomic E-state index is 13.3. The van der Waals surface area contributed by atoms with Gasteiger partial charge in [0.1, 0.15) is 0 Å². The largest absolute Gasteiger partial charge is 0.204 e. The van der Waals surface area contributed by atoms with Crippen LogP contribution in [0.1, 0.15) is 69.8 Å². The van der Waals surface area contributed by atoms with Crippen LogP contribution in [0, 0.1) is 41.1 Å². The molecule has 3 heteroatoms. The molecule has 2 fully saturated rings. The van der Waals surface area contributed by atoms with E-state index in [0.29, 0.717) is 17.9 Å². The summed E-state index contributed by atoms with van der Waals surface area (Å²) in [6, 6.07) is 2.29. The van der Waals surface area contributed by atoms with E-state index in [4.69, 9.17) is 0 Å². The first-order valence-electron chi connectivity index (χ1n) is 10.3. The summed E-state index contributed by atoms with van der Waals surface area (Å²) >= 11 is 0. The highest BCUT2D eigenvalue weighted by Crippen LogP contribution is 2.42. The third kappa shape index (κ3) is 4.92. The second-order valence-electron chi connectivity index (χ2n) is 8.50. The van der Waals surface area contributed by atoms with Crippen molar-refractivity contribution in [2.45, 2.75) is 70.6 Å². The van der Waals surface area contributed by atoms with Gasteiger partial charge < -0.3 is 0 Å². The monoisotopic (exact) mass is 364 g/mol. The number of hydrogen-bond donors (Lipinski definition) is 0. The standard InChI is InChI=1S/C23H31F3/c1-2-3-16-6-10-19(11-7-16)20-12-8-17(9-13-20)4-5-18-14-21(24)23(26)22(25)15-18/h2,14-17,19-20H,1,3-13H2. The van der Waals surface area contributed by atoms with Crippen LogP contribution in [0.15, 0.2) is 24.8 Å². The van der Waals surface area contributed by atoms with E-state index in [9.17, 15) is 13.2 Å². The fraction of sp³-hybridized carbons (Fsp3) is 0.652. The van der Waals surface area contributed by atoms with Crippen molar-refractivity contribution in [2.75, 3.05) is 0 Å². The Bertz CT molecular complexity index is 570. The van der Waals surface area contributed by atoms with Gasteiger partial charge in [-0.25, -0.2) is 13.2 Å². The highest BCUT2D eigenvalue weighted by Gasteiger charge is 2.30. The molecule has 0 N–H and O–H groups in total. The number of hydrogen-bond acceptors (Lipinski definition) is 0. The molecule has 0 unspecified atom stereocenters. The molecule has 0 radical (unpaired) electrons. The van der Waals surface area contributed by atoms with Crippen molar-refractivity contribution in [1.29, 1.82) is 0 Å². The Morgan fingerprint density at radius 1 is 0.808 bits per heavy atom. The van der Waals surface area contributed by atoms with E-state index in [2.05, 4.69) is 12.7 Å². The van der Waals surface area contributed by atoms with Crippen molar-refractivity contribution in [1.82, 2.24) is 0 Å². The molecule has 0 spiro atoms. The summed E-state index contributed by atoms with van der Waals surface area (Å²) in [5.41, 5.74) is 0.573. The topological polar surface area (TPSA) is 0 Å². The van der Waals surface area contributed by atoms with Crippen LogP contribution < -0.4 is 0 Å². The van der Waals surface area contributed by atoms with Crippen LogP contribution in [0.3, 0.4) is 0 Å². The number of rotatable bonds is 6. The Hall–Kier alpha value is -1.25. The molecule has 0 atom stereocenters. The quantitative estimate of drug-likeness (QED) is 0.369. The Kier molecular flexibility index (Phi) is 6.83. The number of halogens is 3. The number of aryl methyl sites for hydroxylation is 1. The minimum atomic E-state index is -1.36. The highest BCUT2D eigenvalue weighted by molar-refractivity contribution is 5.19. The predicted octanol–water partition coefficient (Wildman–Crippen LogP) is 7.23. The molecule has 0 aromatic heterocycles. The predicted molar refractivity (Wildman–Crippen MR) is 100 cm³/mol. The lowest BCUT2D eigenvalue weighted by Crippen LogP contribution is -2.26. The Morgan fingerprint density at radius 2 is 1.31 bits per heavy atom. The molecule has 1 aromatic rings. The minimum absolute atomic E-state index is 0.573. The van der Waals surface area contributed by atoms with Crippen molar-refractivity contribution in [3.05, 3.63) is 47.8 Å². The molecule has 2 saturated carbocycles. The zero-order chi connectivity index (χ0) is 18.5. The Labute approximate surface area is 155 Å². The molecule has 1 aromatic carbocycles. The molecule has 0 amide bonds. The molecule has 3 rings (SSSR count). The van der Waals surface area contributed by atoms with Gasteiger partial charge in [-0.1, -0.05) is 18.9 Å². The first kappa shape index (κ1) is 19.5. The van der Waals surface area contributed by atoms with Crippen LogP contribution in [0.5, 0.6) is 0 Å². The maximum atomic E-state index is 13.3. The summed E-state index contributed by atoms with van der Waals surface area (Å²) in [4.78, 5) is 0. The average Bonchev–Trinajstić information content (AvgIpc) is 2.66. The van der Waals surface area contributed by atoms with E-state index < -0.39 is 17.5 Å². The maximum Gasteiger partial charge on any atom is 0.194 e. The zero-order valence-corrected chi connectivity index (χ0v) is 15.7. The lowest BCUT2D eigenvalue weighted by atomic mass is 9.68. The molecular weight excluding hydrogens is 333 g/mol. The molecule has 2 aliphatic carbocycles. The minimum Gasteiger partial charge on any atom is -0.204 e. The molecule has 0 saturated heterocycles. The molecule has 0 aliphatic heterocycles. The van der Waals surface area contributed by atoms with Crippen LogP contribution in [-0.2, 0) is 6.42 Å². The van der Waals surface area contributed by atoms with Crippen LogP contribution in [0.4, 0.5) is 13.2 Å². The molecule has 0 bridgehead atoms. The van der Waals surface area contributed by atoms with E-state index >= 15 is 0 Å². The summed E-state index contributed by atoms with van der Waals surface area (Å²) in [6.07, 6.45) is 15.3. The highest BCUT2D eigenvalue weighted by atomic mass is 19.2. The molecule has 2 aliphatic rings. The summed E-state index contributed by atoms with van der Waals surface area (Å²) in [5.74, 6) is -0.242. The van der Waals surface area contributed by atoms with E-state index in [-0.39, 0.29) is 0 Å². The number of allylic oxidation sites excluding steroid dienone is 1. The van der Waals surface area contributed by atoms with Gasteiger partial charge >= 0.3 is 0 Å².